The summed E-state index contributed by atoms with van der Waals surface area (Å²) in [4.78, 5) is 12.3. The Labute approximate surface area is 146 Å². The Bertz CT molecular complexity index is 939. The van der Waals surface area contributed by atoms with Crippen LogP contribution < -0.4 is 14.8 Å². The number of hydrogen-bond donors (Lipinski definition) is 1. The van der Waals surface area contributed by atoms with Crippen molar-refractivity contribution in [1.29, 1.82) is 0 Å². The number of benzene rings is 3. The molecule has 0 aliphatic heterocycles. The minimum Gasteiger partial charge on any atom is -0.493 e. The number of methoxy groups -OCH3 is 1. The molecule has 0 fully saturated rings. The van der Waals surface area contributed by atoms with Crippen LogP contribution in [0, 0.1) is 0 Å². The third-order valence-electron chi connectivity index (χ3n) is 4.58. The highest BCUT2D eigenvalue weighted by molar-refractivity contribution is 6.05. The van der Waals surface area contributed by atoms with Crippen LogP contribution in [0.15, 0.2) is 54.6 Å². The van der Waals surface area contributed by atoms with Gasteiger partial charge in [-0.15, -0.1) is 0 Å². The van der Waals surface area contributed by atoms with E-state index in [9.17, 15) is 4.79 Å². The molecule has 3 aromatic carbocycles. The second kappa shape index (κ2) is 6.48. The third kappa shape index (κ3) is 2.91. The van der Waals surface area contributed by atoms with Crippen LogP contribution in [0.5, 0.6) is 11.5 Å². The molecule has 0 saturated carbocycles. The number of carbonyl (C=O) groups is 1. The van der Waals surface area contributed by atoms with Crippen molar-refractivity contribution in [3.8, 4) is 11.5 Å². The molecule has 25 heavy (non-hydrogen) atoms. The number of aryl methyl sites for hydroxylation is 2. The largest absolute Gasteiger partial charge is 0.493 e. The number of para-hydroxylation sites is 2. The van der Waals surface area contributed by atoms with Crippen molar-refractivity contribution in [3.05, 3.63) is 65.7 Å². The quantitative estimate of drug-likeness (QED) is 0.769. The first-order chi connectivity index (χ1) is 12.3. The molecule has 0 saturated heterocycles. The predicted octanol–water partition coefficient (Wildman–Crippen LogP) is 3.96. The summed E-state index contributed by atoms with van der Waals surface area (Å²) in [7, 11) is 1.58. The zero-order chi connectivity index (χ0) is 17.2. The van der Waals surface area contributed by atoms with E-state index in [4.69, 9.17) is 9.47 Å². The second-order valence-electron chi connectivity index (χ2n) is 6.10. The molecule has 1 aliphatic rings. The fraction of sp³-hybridized carbons (Fsp3) is 0.190. The average Bonchev–Trinajstić information content (AvgIpc) is 3.07. The van der Waals surface area contributed by atoms with Gasteiger partial charge in [-0.25, -0.2) is 0 Å². The van der Waals surface area contributed by atoms with Gasteiger partial charge in [-0.05, 0) is 47.6 Å². The number of hydrogen-bond acceptors (Lipinski definition) is 3. The van der Waals surface area contributed by atoms with E-state index in [1.54, 1.807) is 19.2 Å². The molecular weight excluding hydrogens is 314 g/mol. The zero-order valence-electron chi connectivity index (χ0n) is 14.0. The summed E-state index contributed by atoms with van der Waals surface area (Å²) in [5.41, 5.74) is 3.54. The van der Waals surface area contributed by atoms with Crippen LogP contribution in [0.1, 0.15) is 11.1 Å². The number of amides is 1. The van der Waals surface area contributed by atoms with Crippen molar-refractivity contribution < 1.29 is 14.3 Å². The van der Waals surface area contributed by atoms with Gasteiger partial charge in [0.15, 0.2) is 18.1 Å². The fourth-order valence-corrected chi connectivity index (χ4v) is 3.42. The number of nitrogens with one attached hydrogen (secondary N) is 1. The molecule has 0 atom stereocenters. The van der Waals surface area contributed by atoms with Gasteiger partial charge in [0.25, 0.3) is 5.91 Å². The highest BCUT2D eigenvalue weighted by Gasteiger charge is 2.16. The van der Waals surface area contributed by atoms with Crippen molar-refractivity contribution in [2.75, 3.05) is 19.0 Å². The first kappa shape index (κ1) is 15.5. The molecule has 126 valence electrons. The smallest absolute Gasteiger partial charge is 0.262 e. The minimum atomic E-state index is -0.190. The van der Waals surface area contributed by atoms with Crippen LogP contribution in [0.3, 0.4) is 0 Å². The maximum atomic E-state index is 12.3. The molecule has 0 bridgehead atoms. The molecule has 0 spiro atoms. The lowest BCUT2D eigenvalue weighted by molar-refractivity contribution is -0.118. The molecule has 4 nitrogen and oxygen atoms in total. The van der Waals surface area contributed by atoms with Crippen molar-refractivity contribution >= 4 is 22.4 Å². The normalized spacial score (nSPS) is 12.2. The molecule has 1 aliphatic carbocycles. The molecular formula is C21H19NO3. The summed E-state index contributed by atoms with van der Waals surface area (Å²) >= 11 is 0. The molecule has 0 heterocycles. The van der Waals surface area contributed by atoms with Gasteiger partial charge in [0.1, 0.15) is 0 Å². The Hall–Kier alpha value is -3.01. The first-order valence-corrected chi connectivity index (χ1v) is 8.35. The van der Waals surface area contributed by atoms with Crippen molar-refractivity contribution in [1.82, 2.24) is 0 Å². The van der Waals surface area contributed by atoms with Gasteiger partial charge in [-0.2, -0.15) is 0 Å². The van der Waals surface area contributed by atoms with Crippen molar-refractivity contribution in [3.63, 3.8) is 0 Å². The summed E-state index contributed by atoms with van der Waals surface area (Å²) in [6, 6.07) is 17.6. The fourth-order valence-electron chi connectivity index (χ4n) is 3.42. The highest BCUT2D eigenvalue weighted by Crippen LogP contribution is 2.35. The topological polar surface area (TPSA) is 47.6 Å². The lowest BCUT2D eigenvalue weighted by Crippen LogP contribution is -2.20. The third-order valence-corrected chi connectivity index (χ3v) is 4.58. The maximum absolute atomic E-state index is 12.3. The van der Waals surface area contributed by atoms with E-state index in [1.807, 2.05) is 24.3 Å². The second-order valence-corrected chi connectivity index (χ2v) is 6.10. The molecule has 1 N–H and O–H groups in total. The molecule has 4 heteroatoms. The van der Waals surface area contributed by atoms with Crippen LogP contribution in [0.25, 0.3) is 10.8 Å². The summed E-state index contributed by atoms with van der Waals surface area (Å²) in [5.74, 6) is 0.978. The summed E-state index contributed by atoms with van der Waals surface area (Å²) in [5, 5.41) is 5.35. The SMILES string of the molecule is COc1ccccc1OCC(=O)Nc1ccc2c3c(cccc13)CC2. The lowest BCUT2D eigenvalue weighted by atomic mass is 10.0. The minimum absolute atomic E-state index is 0.0662. The van der Waals surface area contributed by atoms with Gasteiger partial charge >= 0.3 is 0 Å². The van der Waals surface area contributed by atoms with Crippen LogP contribution in [0.4, 0.5) is 5.69 Å². The number of anilines is 1. The molecule has 3 aromatic rings. The Morgan fingerprint density at radius 1 is 0.960 bits per heavy atom. The highest BCUT2D eigenvalue weighted by atomic mass is 16.5. The van der Waals surface area contributed by atoms with Crippen molar-refractivity contribution in [2.24, 2.45) is 0 Å². The van der Waals surface area contributed by atoms with Crippen LogP contribution in [-0.4, -0.2) is 19.6 Å². The van der Waals surface area contributed by atoms with E-state index in [0.717, 1.165) is 23.9 Å². The van der Waals surface area contributed by atoms with Gasteiger partial charge < -0.3 is 14.8 Å². The molecule has 0 unspecified atom stereocenters. The van der Waals surface area contributed by atoms with Crippen LogP contribution in [0.2, 0.25) is 0 Å². The van der Waals surface area contributed by atoms with Gasteiger partial charge in [-0.3, -0.25) is 4.79 Å². The number of rotatable bonds is 5. The average molecular weight is 333 g/mol. The molecule has 1 amide bonds. The van der Waals surface area contributed by atoms with E-state index in [0.29, 0.717) is 11.5 Å². The lowest BCUT2D eigenvalue weighted by Gasteiger charge is -2.12. The van der Waals surface area contributed by atoms with Crippen molar-refractivity contribution in [2.45, 2.75) is 12.8 Å². The molecule has 0 radical (unpaired) electrons. The van der Waals surface area contributed by atoms with Gasteiger partial charge in [0.2, 0.25) is 0 Å². The van der Waals surface area contributed by atoms with Crippen LogP contribution >= 0.6 is 0 Å². The number of carbonyl (C=O) groups excluding carboxylic acids is 1. The number of ether oxygens (including phenoxy) is 2. The first-order valence-electron chi connectivity index (χ1n) is 8.35. The van der Waals surface area contributed by atoms with E-state index in [2.05, 4.69) is 23.5 Å². The molecule has 0 aromatic heterocycles. The Balaban J connectivity index is 1.51. The van der Waals surface area contributed by atoms with E-state index < -0.39 is 0 Å². The van der Waals surface area contributed by atoms with E-state index >= 15 is 0 Å². The monoisotopic (exact) mass is 333 g/mol. The predicted molar refractivity (Wildman–Crippen MR) is 98.5 cm³/mol. The van der Waals surface area contributed by atoms with E-state index in [-0.39, 0.29) is 12.5 Å². The summed E-state index contributed by atoms with van der Waals surface area (Å²) < 4.78 is 10.8. The molecule has 4 rings (SSSR count). The Morgan fingerprint density at radius 2 is 1.72 bits per heavy atom. The van der Waals surface area contributed by atoms with Gasteiger partial charge in [-0.1, -0.05) is 36.4 Å². The van der Waals surface area contributed by atoms with E-state index in [1.165, 1.54) is 16.5 Å². The summed E-state index contributed by atoms with van der Waals surface area (Å²) in [6.45, 7) is -0.0662. The Kier molecular flexibility index (Phi) is 4.02. The Morgan fingerprint density at radius 3 is 2.52 bits per heavy atom. The van der Waals surface area contributed by atoms with Gasteiger partial charge in [0.05, 0.1) is 7.11 Å². The zero-order valence-corrected chi connectivity index (χ0v) is 14.0. The standard InChI is InChI=1S/C21H19NO3/c1-24-18-7-2-3-8-19(18)25-13-20(23)22-17-12-11-15-10-9-14-5-4-6-16(17)21(14)15/h2-8,11-12H,9-10,13H2,1H3,(H,22,23). The summed E-state index contributed by atoms with van der Waals surface area (Å²) in [6.07, 6.45) is 2.14. The van der Waals surface area contributed by atoms with Gasteiger partial charge in [0, 0.05) is 11.1 Å². The maximum Gasteiger partial charge on any atom is 0.262 e. The van der Waals surface area contributed by atoms with Crippen LogP contribution in [-0.2, 0) is 17.6 Å².